The van der Waals surface area contributed by atoms with E-state index in [2.05, 4.69) is 25.8 Å². The van der Waals surface area contributed by atoms with Crippen molar-refractivity contribution in [3.05, 3.63) is 54.6 Å². The van der Waals surface area contributed by atoms with Crippen molar-refractivity contribution < 1.29 is 9.59 Å². The van der Waals surface area contributed by atoms with Crippen LogP contribution in [-0.4, -0.2) is 32.7 Å². The Hall–Kier alpha value is -3.13. The van der Waals surface area contributed by atoms with E-state index in [1.54, 1.807) is 12.1 Å². The molecular weight excluding hydrogens is 350 g/mol. The van der Waals surface area contributed by atoms with Gasteiger partial charge in [0.1, 0.15) is 0 Å². The first-order valence-corrected chi connectivity index (χ1v) is 8.87. The fraction of sp³-hybridized carbons (Fsp3) is 0.111. The van der Waals surface area contributed by atoms with E-state index in [4.69, 9.17) is 0 Å². The topological polar surface area (TPSA) is 99.8 Å². The highest BCUT2D eigenvalue weighted by Crippen LogP contribution is 2.21. The first-order valence-electron chi connectivity index (χ1n) is 7.88. The number of hydrogen-bond donors (Lipinski definition) is 3. The predicted molar refractivity (Wildman–Crippen MR) is 102 cm³/mol. The number of nitrogens with one attached hydrogen (secondary N) is 3. The van der Waals surface area contributed by atoms with Gasteiger partial charge in [0.05, 0.1) is 5.75 Å². The van der Waals surface area contributed by atoms with Crippen LogP contribution >= 0.6 is 11.8 Å². The zero-order valence-corrected chi connectivity index (χ0v) is 14.8. The summed E-state index contributed by atoms with van der Waals surface area (Å²) in [5.41, 5.74) is 2.31. The van der Waals surface area contributed by atoms with Crippen molar-refractivity contribution in [3.63, 3.8) is 0 Å². The molecule has 0 aliphatic heterocycles. The number of amides is 2. The van der Waals surface area contributed by atoms with Crippen LogP contribution in [0.2, 0.25) is 0 Å². The molecule has 3 aromatic rings. The number of rotatable bonds is 6. The Bertz CT molecular complexity index is 893. The van der Waals surface area contributed by atoms with Gasteiger partial charge in [-0.1, -0.05) is 30.0 Å². The lowest BCUT2D eigenvalue weighted by molar-refractivity contribution is -0.114. The van der Waals surface area contributed by atoms with E-state index in [-0.39, 0.29) is 17.6 Å². The summed E-state index contributed by atoms with van der Waals surface area (Å²) in [5, 5.41) is 13.0. The van der Waals surface area contributed by atoms with Crippen LogP contribution in [0.3, 0.4) is 0 Å². The van der Waals surface area contributed by atoms with Crippen LogP contribution in [0.1, 0.15) is 6.92 Å². The second-order valence-corrected chi connectivity index (χ2v) is 6.37. The molecule has 7 nitrogen and oxygen atoms in total. The normalized spacial score (nSPS) is 10.3. The van der Waals surface area contributed by atoms with Crippen LogP contribution in [0.5, 0.6) is 0 Å². The molecule has 3 rings (SSSR count). The zero-order valence-electron chi connectivity index (χ0n) is 14.0. The third-order valence-corrected chi connectivity index (χ3v) is 4.18. The summed E-state index contributed by atoms with van der Waals surface area (Å²) in [7, 11) is 0. The second-order valence-electron chi connectivity index (χ2n) is 5.43. The molecule has 3 N–H and O–H groups in total. The van der Waals surface area contributed by atoms with Gasteiger partial charge >= 0.3 is 0 Å². The highest BCUT2D eigenvalue weighted by molar-refractivity contribution is 7.99. The van der Waals surface area contributed by atoms with Crippen molar-refractivity contribution in [3.8, 4) is 11.4 Å². The number of anilines is 2. The molecule has 0 aliphatic carbocycles. The molecule has 0 radical (unpaired) electrons. The van der Waals surface area contributed by atoms with Crippen LogP contribution in [0.15, 0.2) is 59.8 Å². The average molecular weight is 367 g/mol. The number of nitrogens with zero attached hydrogens (tertiary/aromatic N) is 2. The second kappa shape index (κ2) is 8.30. The van der Waals surface area contributed by atoms with Gasteiger partial charge in [-0.05, 0) is 36.4 Å². The molecule has 8 heteroatoms. The monoisotopic (exact) mass is 367 g/mol. The number of aromatic nitrogens is 3. The molecule has 0 spiro atoms. The van der Waals surface area contributed by atoms with Crippen molar-refractivity contribution in [1.82, 2.24) is 15.2 Å². The summed E-state index contributed by atoms with van der Waals surface area (Å²) in [6.45, 7) is 1.46. The molecule has 0 unspecified atom stereocenters. The third kappa shape index (κ3) is 4.93. The van der Waals surface area contributed by atoms with Gasteiger partial charge < -0.3 is 10.6 Å². The van der Waals surface area contributed by atoms with Crippen LogP contribution in [-0.2, 0) is 9.59 Å². The Morgan fingerprint density at radius 2 is 1.69 bits per heavy atom. The number of carbonyl (C=O) groups is 2. The lowest BCUT2D eigenvalue weighted by Gasteiger charge is -2.03. The van der Waals surface area contributed by atoms with E-state index >= 15 is 0 Å². The molecule has 1 aromatic heterocycles. The molecule has 0 saturated carbocycles. The minimum Gasteiger partial charge on any atom is -0.326 e. The lowest BCUT2D eigenvalue weighted by Crippen LogP contribution is -2.13. The maximum absolute atomic E-state index is 12.0. The highest BCUT2D eigenvalue weighted by Gasteiger charge is 2.09. The number of H-pyrrole nitrogens is 1. The molecule has 132 valence electrons. The summed E-state index contributed by atoms with van der Waals surface area (Å²) in [4.78, 5) is 27.4. The summed E-state index contributed by atoms with van der Waals surface area (Å²) in [6.07, 6.45) is 0. The minimum absolute atomic E-state index is 0.118. The smallest absolute Gasteiger partial charge is 0.234 e. The van der Waals surface area contributed by atoms with Gasteiger partial charge in [0.25, 0.3) is 0 Å². The van der Waals surface area contributed by atoms with Crippen molar-refractivity contribution >= 4 is 35.0 Å². The van der Waals surface area contributed by atoms with Crippen LogP contribution in [0.4, 0.5) is 11.4 Å². The van der Waals surface area contributed by atoms with E-state index in [0.717, 1.165) is 11.3 Å². The molecule has 0 saturated heterocycles. The number of benzene rings is 2. The van der Waals surface area contributed by atoms with Crippen LogP contribution < -0.4 is 10.6 Å². The van der Waals surface area contributed by atoms with Gasteiger partial charge in [0.15, 0.2) is 5.82 Å². The fourth-order valence-corrected chi connectivity index (χ4v) is 2.80. The van der Waals surface area contributed by atoms with Crippen LogP contribution in [0.25, 0.3) is 11.4 Å². The Morgan fingerprint density at radius 3 is 2.38 bits per heavy atom. The first kappa shape index (κ1) is 17.7. The maximum atomic E-state index is 12.0. The standard InChI is InChI=1S/C18H17N5O2S/c1-12(24)19-15-9-7-13(8-10-15)17-21-18(23-22-17)26-11-16(25)20-14-5-3-2-4-6-14/h2-10H,11H2,1H3,(H,19,24)(H,20,25)(H,21,22,23). The predicted octanol–water partition coefficient (Wildman–Crippen LogP) is 3.16. The van der Waals surface area contributed by atoms with Crippen LogP contribution in [0, 0.1) is 0 Å². The lowest BCUT2D eigenvalue weighted by atomic mass is 10.2. The van der Waals surface area contributed by atoms with Gasteiger partial charge in [-0.25, -0.2) is 4.98 Å². The molecule has 1 heterocycles. The molecular formula is C18H17N5O2S. The molecule has 0 fully saturated rings. The molecule has 0 bridgehead atoms. The van der Waals surface area contributed by atoms with E-state index in [1.807, 2.05) is 42.5 Å². The number of carbonyl (C=O) groups excluding carboxylic acids is 2. The Balaban J connectivity index is 1.56. The third-order valence-electron chi connectivity index (χ3n) is 3.33. The van der Waals surface area contributed by atoms with Gasteiger partial charge in [-0.3, -0.25) is 14.7 Å². The van der Waals surface area contributed by atoms with Crippen molar-refractivity contribution in [1.29, 1.82) is 0 Å². The molecule has 2 aromatic carbocycles. The highest BCUT2D eigenvalue weighted by atomic mass is 32.2. The van der Waals surface area contributed by atoms with Gasteiger partial charge in [0.2, 0.25) is 17.0 Å². The number of para-hydroxylation sites is 1. The van der Waals surface area contributed by atoms with E-state index in [0.29, 0.717) is 16.7 Å². The quantitative estimate of drug-likeness (QED) is 0.581. The van der Waals surface area contributed by atoms with Crippen molar-refractivity contribution in [2.75, 3.05) is 16.4 Å². The number of thioether (sulfide) groups is 1. The molecule has 0 aliphatic rings. The molecule has 0 atom stereocenters. The van der Waals surface area contributed by atoms with Gasteiger partial charge in [0, 0.05) is 23.9 Å². The summed E-state index contributed by atoms with van der Waals surface area (Å²) >= 11 is 1.25. The maximum Gasteiger partial charge on any atom is 0.234 e. The number of hydrogen-bond acceptors (Lipinski definition) is 5. The van der Waals surface area contributed by atoms with E-state index in [1.165, 1.54) is 18.7 Å². The van der Waals surface area contributed by atoms with E-state index < -0.39 is 0 Å². The molecule has 26 heavy (non-hydrogen) atoms. The summed E-state index contributed by atoms with van der Waals surface area (Å²) in [5.74, 6) is 0.579. The van der Waals surface area contributed by atoms with Gasteiger partial charge in [-0.15, -0.1) is 5.10 Å². The molecule has 2 amide bonds. The summed E-state index contributed by atoms with van der Waals surface area (Å²) < 4.78 is 0. The number of aromatic amines is 1. The Kier molecular flexibility index (Phi) is 5.65. The largest absolute Gasteiger partial charge is 0.326 e. The Labute approximate surface area is 154 Å². The Morgan fingerprint density at radius 1 is 1.00 bits per heavy atom. The van der Waals surface area contributed by atoms with E-state index in [9.17, 15) is 9.59 Å². The minimum atomic E-state index is -0.120. The zero-order chi connectivity index (χ0) is 18.4. The summed E-state index contributed by atoms with van der Waals surface area (Å²) in [6, 6.07) is 16.5. The first-order chi connectivity index (χ1) is 12.6. The van der Waals surface area contributed by atoms with Gasteiger partial charge in [-0.2, -0.15) is 0 Å². The van der Waals surface area contributed by atoms with Crippen molar-refractivity contribution in [2.24, 2.45) is 0 Å². The SMILES string of the molecule is CC(=O)Nc1ccc(-c2nc(SCC(=O)Nc3ccccc3)n[nH]2)cc1. The van der Waals surface area contributed by atoms with Crippen molar-refractivity contribution in [2.45, 2.75) is 12.1 Å². The average Bonchev–Trinajstić information content (AvgIpc) is 3.10. The fourth-order valence-electron chi connectivity index (χ4n) is 2.20.